The molecule has 0 bridgehead atoms. The minimum absolute atomic E-state index is 0.00176. The van der Waals surface area contributed by atoms with Gasteiger partial charge < -0.3 is 24.2 Å². The second kappa shape index (κ2) is 13.9. The van der Waals surface area contributed by atoms with Crippen LogP contribution in [0.25, 0.3) is 0 Å². The fraction of sp³-hybridized carbons (Fsp3) is 0.400. The Kier molecular flexibility index (Phi) is 9.76. The quantitative estimate of drug-likeness (QED) is 0.225. The maximum atomic E-state index is 14.0. The second-order valence-corrected chi connectivity index (χ2v) is 10.7. The summed E-state index contributed by atoms with van der Waals surface area (Å²) < 4.78 is 58.7. The van der Waals surface area contributed by atoms with Crippen LogP contribution in [0.5, 0.6) is 5.75 Å². The number of pyridine rings is 1. The van der Waals surface area contributed by atoms with Crippen LogP contribution in [0.15, 0.2) is 58.1 Å². The van der Waals surface area contributed by atoms with Crippen molar-refractivity contribution in [3.8, 4) is 5.75 Å². The molecule has 1 N–H and O–H groups in total. The molecule has 45 heavy (non-hydrogen) atoms. The first-order valence-electron chi connectivity index (χ1n) is 14.3. The molecule has 4 aromatic rings. The predicted octanol–water partition coefficient (Wildman–Crippen LogP) is 4.31. The molecule has 0 radical (unpaired) electrons. The minimum Gasteiger partial charge on any atom is -0.497 e. The summed E-state index contributed by atoms with van der Waals surface area (Å²) >= 11 is 0. The van der Waals surface area contributed by atoms with Gasteiger partial charge in [0, 0.05) is 36.8 Å². The molecule has 1 saturated heterocycles. The van der Waals surface area contributed by atoms with Gasteiger partial charge in [-0.1, -0.05) is 17.3 Å². The molecule has 1 fully saturated rings. The lowest BCUT2D eigenvalue weighted by Gasteiger charge is -2.31. The van der Waals surface area contributed by atoms with E-state index in [1.54, 1.807) is 43.5 Å². The highest BCUT2D eigenvalue weighted by atomic mass is 19.4. The van der Waals surface area contributed by atoms with Crippen LogP contribution in [-0.4, -0.2) is 64.0 Å². The van der Waals surface area contributed by atoms with Gasteiger partial charge in [-0.3, -0.25) is 9.59 Å². The Morgan fingerprint density at radius 1 is 1.13 bits per heavy atom. The van der Waals surface area contributed by atoms with Crippen LogP contribution in [0, 0.1) is 0 Å². The molecule has 15 heteroatoms. The van der Waals surface area contributed by atoms with Gasteiger partial charge in [-0.15, -0.1) is 0 Å². The molecular formula is C30H32F3N7O5. The van der Waals surface area contributed by atoms with Crippen molar-refractivity contribution in [1.82, 2.24) is 24.9 Å². The lowest BCUT2D eigenvalue weighted by Crippen LogP contribution is -2.34. The third-order valence-electron chi connectivity index (χ3n) is 7.39. The Morgan fingerprint density at radius 2 is 1.89 bits per heavy atom. The fourth-order valence-corrected chi connectivity index (χ4v) is 5.03. The van der Waals surface area contributed by atoms with Crippen molar-refractivity contribution in [3.63, 3.8) is 0 Å². The molecule has 1 unspecified atom stereocenters. The van der Waals surface area contributed by atoms with Crippen LogP contribution in [0.1, 0.15) is 58.9 Å². The van der Waals surface area contributed by atoms with E-state index in [1.165, 1.54) is 7.11 Å². The van der Waals surface area contributed by atoms with E-state index < -0.39 is 29.0 Å². The molecule has 0 aliphatic carbocycles. The number of halogens is 3. The number of alkyl halides is 3. The van der Waals surface area contributed by atoms with E-state index in [9.17, 15) is 22.8 Å². The number of methoxy groups -OCH3 is 1. The summed E-state index contributed by atoms with van der Waals surface area (Å²) in [5.41, 5.74) is -1.91. The Bertz CT molecular complexity index is 1630. The molecule has 1 aliphatic rings. The van der Waals surface area contributed by atoms with Crippen molar-refractivity contribution in [2.75, 3.05) is 37.0 Å². The third-order valence-corrected chi connectivity index (χ3v) is 7.39. The highest BCUT2D eigenvalue weighted by Gasteiger charge is 2.38. The summed E-state index contributed by atoms with van der Waals surface area (Å²) in [4.78, 5) is 34.6. The number of rotatable bonds is 12. The monoisotopic (exact) mass is 627 g/mol. The summed E-state index contributed by atoms with van der Waals surface area (Å²) in [6.07, 6.45) is -0.0393. The predicted molar refractivity (Wildman–Crippen MR) is 156 cm³/mol. The number of carbonyl (C=O) groups is 1. The summed E-state index contributed by atoms with van der Waals surface area (Å²) in [7, 11) is 1.50. The van der Waals surface area contributed by atoms with Gasteiger partial charge in [0.05, 0.1) is 32.1 Å². The van der Waals surface area contributed by atoms with E-state index in [0.29, 0.717) is 22.7 Å². The van der Waals surface area contributed by atoms with Crippen LogP contribution in [0.2, 0.25) is 0 Å². The SMILES string of the molecule is COc1ccc(Cn2ncc(NC(C)COCc3nc(C4CCN(c5ccc(C=O)cn5)CC4)no3)c(C(F)(F)F)c2=O)cc1. The van der Waals surface area contributed by atoms with E-state index in [-0.39, 0.29) is 31.6 Å². The third kappa shape index (κ3) is 7.84. The molecule has 1 aliphatic heterocycles. The van der Waals surface area contributed by atoms with Crippen molar-refractivity contribution in [2.45, 2.75) is 51.1 Å². The molecule has 0 amide bonds. The van der Waals surface area contributed by atoms with E-state index >= 15 is 0 Å². The van der Waals surface area contributed by atoms with Crippen LogP contribution in [0.3, 0.4) is 0 Å². The van der Waals surface area contributed by atoms with Gasteiger partial charge in [0.2, 0.25) is 0 Å². The van der Waals surface area contributed by atoms with E-state index in [0.717, 1.165) is 48.9 Å². The van der Waals surface area contributed by atoms with E-state index in [2.05, 4.69) is 30.4 Å². The van der Waals surface area contributed by atoms with Gasteiger partial charge in [0.1, 0.15) is 23.7 Å². The van der Waals surface area contributed by atoms with Crippen LogP contribution < -0.4 is 20.5 Å². The average Bonchev–Trinajstić information content (AvgIpc) is 3.51. The smallest absolute Gasteiger partial charge is 0.423 e. The molecule has 3 aromatic heterocycles. The van der Waals surface area contributed by atoms with Crippen molar-refractivity contribution in [2.24, 2.45) is 0 Å². The standard InChI is InChI=1S/C30H32F3N7O5/c1-19(36-24-14-35-40(29(42)27(24)30(31,32)33)15-20-3-6-23(43-2)7-4-20)17-44-18-26-37-28(38-45-26)22-9-11-39(12-10-22)25-8-5-21(16-41)13-34-25/h3-8,13-14,16,19,22,36H,9-12,15,17-18H2,1-2H3. The zero-order valence-corrected chi connectivity index (χ0v) is 24.7. The Balaban J connectivity index is 1.13. The zero-order chi connectivity index (χ0) is 32.0. The maximum Gasteiger partial charge on any atom is 0.423 e. The second-order valence-electron chi connectivity index (χ2n) is 10.7. The maximum absolute atomic E-state index is 14.0. The van der Waals surface area contributed by atoms with Crippen molar-refractivity contribution in [3.05, 3.63) is 87.6 Å². The summed E-state index contributed by atoms with van der Waals surface area (Å²) in [6.45, 7) is 2.93. The van der Waals surface area contributed by atoms with Crippen molar-refractivity contribution < 1.29 is 32.0 Å². The molecule has 1 aromatic carbocycles. The lowest BCUT2D eigenvalue weighted by atomic mass is 9.96. The number of hydrogen-bond donors (Lipinski definition) is 1. The minimum atomic E-state index is -4.90. The normalized spacial score (nSPS) is 14.7. The summed E-state index contributed by atoms with van der Waals surface area (Å²) in [5, 5.41) is 10.8. The van der Waals surface area contributed by atoms with Crippen LogP contribution >= 0.6 is 0 Å². The van der Waals surface area contributed by atoms with Crippen LogP contribution in [0.4, 0.5) is 24.7 Å². The Labute approximate surface area is 256 Å². The highest BCUT2D eigenvalue weighted by molar-refractivity contribution is 5.74. The van der Waals surface area contributed by atoms with E-state index in [1.807, 2.05) is 6.07 Å². The molecule has 0 saturated carbocycles. The molecule has 1 atom stereocenters. The Morgan fingerprint density at radius 3 is 2.53 bits per heavy atom. The number of aldehydes is 1. The van der Waals surface area contributed by atoms with Gasteiger partial charge in [-0.2, -0.15) is 23.3 Å². The van der Waals surface area contributed by atoms with Gasteiger partial charge in [-0.05, 0) is 49.6 Å². The first kappa shape index (κ1) is 31.6. The fourth-order valence-electron chi connectivity index (χ4n) is 5.03. The number of anilines is 2. The van der Waals surface area contributed by atoms with Gasteiger partial charge in [0.15, 0.2) is 12.1 Å². The van der Waals surface area contributed by atoms with Crippen LogP contribution in [-0.2, 0) is 24.1 Å². The zero-order valence-electron chi connectivity index (χ0n) is 24.7. The van der Waals surface area contributed by atoms with Crippen molar-refractivity contribution in [1.29, 1.82) is 0 Å². The number of piperidine rings is 1. The average molecular weight is 628 g/mol. The summed E-state index contributed by atoms with van der Waals surface area (Å²) in [6, 6.07) is 9.55. The number of nitrogens with zero attached hydrogens (tertiary/aromatic N) is 6. The van der Waals surface area contributed by atoms with Crippen molar-refractivity contribution >= 4 is 17.8 Å². The topological polar surface area (TPSA) is 138 Å². The number of hydrogen-bond acceptors (Lipinski definition) is 11. The lowest BCUT2D eigenvalue weighted by molar-refractivity contribution is -0.138. The van der Waals surface area contributed by atoms with Gasteiger partial charge in [-0.25, -0.2) is 9.67 Å². The van der Waals surface area contributed by atoms with Gasteiger partial charge in [0.25, 0.3) is 11.4 Å². The number of ether oxygens (including phenoxy) is 2. The molecule has 238 valence electrons. The first-order chi connectivity index (χ1) is 21.6. The summed E-state index contributed by atoms with van der Waals surface area (Å²) in [5.74, 6) is 2.30. The van der Waals surface area contributed by atoms with Gasteiger partial charge >= 0.3 is 6.18 Å². The molecule has 4 heterocycles. The molecule has 12 nitrogen and oxygen atoms in total. The number of nitrogens with one attached hydrogen (secondary N) is 1. The molecular weight excluding hydrogens is 595 g/mol. The number of carbonyl (C=O) groups excluding carboxylic acids is 1. The Hall–Kier alpha value is -4.79. The highest BCUT2D eigenvalue weighted by Crippen LogP contribution is 2.32. The molecule has 5 rings (SSSR count). The molecule has 0 spiro atoms. The largest absolute Gasteiger partial charge is 0.497 e. The number of aromatic nitrogens is 5. The first-order valence-corrected chi connectivity index (χ1v) is 14.3. The number of benzene rings is 1. The van der Waals surface area contributed by atoms with E-state index in [4.69, 9.17) is 14.0 Å².